The normalized spacial score (nSPS) is 69.8. The molecule has 0 aromatic rings. The molecule has 8 atom stereocenters. The second kappa shape index (κ2) is 1.95. The monoisotopic (exact) mass is 234 g/mol. The molecular formula is C13H14O4. The van der Waals surface area contributed by atoms with Crippen molar-refractivity contribution in [2.45, 2.75) is 12.2 Å². The first-order chi connectivity index (χ1) is 8.24. The molecule has 0 aromatic heterocycles. The Balaban J connectivity index is 1.64. The summed E-state index contributed by atoms with van der Waals surface area (Å²) in [4.78, 5) is 11.9. The van der Waals surface area contributed by atoms with Gasteiger partial charge in [-0.2, -0.15) is 0 Å². The summed E-state index contributed by atoms with van der Waals surface area (Å²) in [6.45, 7) is 1.31. The molecule has 7 aliphatic rings. The molecule has 0 aromatic carbocycles. The third kappa shape index (κ3) is 0.473. The van der Waals surface area contributed by atoms with Gasteiger partial charge in [0.15, 0.2) is 5.79 Å². The average molecular weight is 234 g/mol. The summed E-state index contributed by atoms with van der Waals surface area (Å²) < 4.78 is 11.9. The van der Waals surface area contributed by atoms with Crippen LogP contribution in [0.1, 0.15) is 6.42 Å². The minimum Gasteiger partial charge on any atom is -0.481 e. The van der Waals surface area contributed by atoms with E-state index in [9.17, 15) is 9.90 Å². The van der Waals surface area contributed by atoms with Crippen LogP contribution in [-0.4, -0.2) is 30.1 Å². The molecule has 0 unspecified atom stereocenters. The number of ether oxygens (including phenoxy) is 2. The lowest BCUT2D eigenvalue weighted by Crippen LogP contribution is -2.70. The maximum atomic E-state index is 11.9. The minimum absolute atomic E-state index is 0.171. The Morgan fingerprint density at radius 1 is 1.18 bits per heavy atom. The highest BCUT2D eigenvalue weighted by atomic mass is 16.7. The number of aliphatic carboxylic acids is 1. The molecule has 1 saturated heterocycles. The fourth-order valence-electron chi connectivity index (χ4n) is 7.51. The van der Waals surface area contributed by atoms with Crippen LogP contribution in [0.4, 0.5) is 0 Å². The molecule has 7 fully saturated rings. The number of hydrogen-bond donors (Lipinski definition) is 1. The van der Waals surface area contributed by atoms with Crippen LogP contribution in [0.2, 0.25) is 0 Å². The summed E-state index contributed by atoms with van der Waals surface area (Å²) in [5.74, 6) is 2.44. The lowest BCUT2D eigenvalue weighted by atomic mass is 9.34. The molecule has 0 amide bonds. The number of carboxylic acid groups (broad SMARTS) is 1. The predicted octanol–water partition coefficient (Wildman–Crippen LogP) is 0.572. The van der Waals surface area contributed by atoms with E-state index in [4.69, 9.17) is 9.47 Å². The van der Waals surface area contributed by atoms with Crippen LogP contribution >= 0.6 is 0 Å². The fourth-order valence-corrected chi connectivity index (χ4v) is 7.51. The summed E-state index contributed by atoms with van der Waals surface area (Å²) in [5.41, 5.74) is -0.445. The Kier molecular flexibility index (Phi) is 0.975. The average Bonchev–Trinajstić information content (AvgIpc) is 2.92. The van der Waals surface area contributed by atoms with E-state index < -0.39 is 17.2 Å². The summed E-state index contributed by atoms with van der Waals surface area (Å²) in [6, 6.07) is 0. The number of carbonyl (C=O) groups is 1. The topological polar surface area (TPSA) is 55.8 Å². The molecule has 7 rings (SSSR count). The van der Waals surface area contributed by atoms with Crippen LogP contribution in [0.25, 0.3) is 0 Å². The van der Waals surface area contributed by atoms with E-state index in [0.717, 1.165) is 12.3 Å². The van der Waals surface area contributed by atoms with Crippen LogP contribution < -0.4 is 0 Å². The van der Waals surface area contributed by atoms with E-state index in [0.29, 0.717) is 42.8 Å². The highest BCUT2D eigenvalue weighted by Gasteiger charge is 3.00. The van der Waals surface area contributed by atoms with Gasteiger partial charge in [0.25, 0.3) is 0 Å². The molecule has 1 heterocycles. The minimum atomic E-state index is -0.560. The smallest absolute Gasteiger partial charge is 0.310 e. The molecular weight excluding hydrogens is 220 g/mol. The second-order valence-corrected chi connectivity index (χ2v) is 6.85. The molecule has 0 radical (unpaired) electrons. The molecule has 90 valence electrons. The first-order valence-electron chi connectivity index (χ1n) is 6.76. The molecule has 1 N–H and O–H groups in total. The van der Waals surface area contributed by atoms with Gasteiger partial charge in [0.05, 0.1) is 18.6 Å². The molecule has 6 aliphatic carbocycles. The molecule has 4 heteroatoms. The quantitative estimate of drug-likeness (QED) is 0.720. The van der Waals surface area contributed by atoms with Crippen molar-refractivity contribution in [3.05, 3.63) is 0 Å². The highest BCUT2D eigenvalue weighted by Crippen LogP contribution is 2.96. The van der Waals surface area contributed by atoms with Gasteiger partial charge >= 0.3 is 5.97 Å². The highest BCUT2D eigenvalue weighted by molar-refractivity contribution is 5.82. The summed E-state index contributed by atoms with van der Waals surface area (Å²) in [7, 11) is 0. The van der Waals surface area contributed by atoms with Gasteiger partial charge in [-0.1, -0.05) is 0 Å². The van der Waals surface area contributed by atoms with Gasteiger partial charge in [0.1, 0.15) is 0 Å². The van der Waals surface area contributed by atoms with E-state index in [1.165, 1.54) is 0 Å². The predicted molar refractivity (Wildman–Crippen MR) is 53.8 cm³/mol. The van der Waals surface area contributed by atoms with Crippen molar-refractivity contribution < 1.29 is 19.4 Å². The number of hydrogen-bond acceptors (Lipinski definition) is 3. The summed E-state index contributed by atoms with van der Waals surface area (Å²) >= 11 is 0. The molecule has 1 spiro atoms. The van der Waals surface area contributed by atoms with E-state index in [-0.39, 0.29) is 5.92 Å². The molecule has 6 saturated carbocycles. The van der Waals surface area contributed by atoms with Gasteiger partial charge in [0, 0.05) is 11.8 Å². The third-order valence-electron chi connectivity index (χ3n) is 7.26. The molecule has 4 bridgehead atoms. The van der Waals surface area contributed by atoms with Gasteiger partial charge in [0.2, 0.25) is 0 Å². The standard InChI is InChI=1S/C13H14O4/c14-11(15)12-5-3-4-6-7(5)8(12)9(6)13(10(4)12)16-1-2-17-13/h4-10H,1-3H2,(H,14,15)/t4-,5+,6+,7-,8-,9-,10-,12-/m1/s1. The third-order valence-corrected chi connectivity index (χ3v) is 7.26. The SMILES string of the molecule is O=C(O)[C@@]12[C@@H]3[C@H]4[C@@H]5[C@@H](C[C@@H]41)[C@H]2C1(OCCO1)[C@H]53. The van der Waals surface area contributed by atoms with Crippen molar-refractivity contribution in [2.75, 3.05) is 13.2 Å². The zero-order valence-electron chi connectivity index (χ0n) is 9.33. The van der Waals surface area contributed by atoms with Crippen molar-refractivity contribution in [3.63, 3.8) is 0 Å². The Morgan fingerprint density at radius 2 is 1.94 bits per heavy atom. The number of carboxylic acids is 1. The summed E-state index contributed by atoms with van der Waals surface area (Å²) in [5, 5.41) is 9.76. The summed E-state index contributed by atoms with van der Waals surface area (Å²) in [6.07, 6.45) is 1.13. The van der Waals surface area contributed by atoms with Crippen molar-refractivity contribution in [1.29, 1.82) is 0 Å². The van der Waals surface area contributed by atoms with Crippen LogP contribution in [-0.2, 0) is 14.3 Å². The second-order valence-electron chi connectivity index (χ2n) is 6.85. The Morgan fingerprint density at radius 3 is 2.65 bits per heavy atom. The van der Waals surface area contributed by atoms with Crippen LogP contribution in [0, 0.1) is 46.8 Å². The maximum Gasteiger partial charge on any atom is 0.310 e. The largest absolute Gasteiger partial charge is 0.481 e. The van der Waals surface area contributed by atoms with Crippen molar-refractivity contribution in [3.8, 4) is 0 Å². The Labute approximate surface area is 98.3 Å². The van der Waals surface area contributed by atoms with E-state index in [2.05, 4.69) is 0 Å². The van der Waals surface area contributed by atoms with Crippen molar-refractivity contribution in [1.82, 2.24) is 0 Å². The molecule has 17 heavy (non-hydrogen) atoms. The first-order valence-corrected chi connectivity index (χ1v) is 6.76. The van der Waals surface area contributed by atoms with E-state index in [1.807, 2.05) is 0 Å². The van der Waals surface area contributed by atoms with Gasteiger partial charge in [-0.25, -0.2) is 0 Å². The lowest BCUT2D eigenvalue weighted by Gasteiger charge is -2.67. The van der Waals surface area contributed by atoms with Gasteiger partial charge < -0.3 is 14.6 Å². The maximum absolute atomic E-state index is 11.9. The fraction of sp³-hybridized carbons (Fsp3) is 0.923. The zero-order valence-corrected chi connectivity index (χ0v) is 9.33. The van der Waals surface area contributed by atoms with Crippen LogP contribution in [0.3, 0.4) is 0 Å². The van der Waals surface area contributed by atoms with E-state index in [1.54, 1.807) is 0 Å². The van der Waals surface area contributed by atoms with Gasteiger partial charge in [-0.3, -0.25) is 4.79 Å². The number of rotatable bonds is 1. The van der Waals surface area contributed by atoms with Crippen molar-refractivity contribution in [2.24, 2.45) is 46.8 Å². The van der Waals surface area contributed by atoms with Gasteiger partial charge in [-0.05, 0) is 36.0 Å². The molecule has 1 aliphatic heterocycles. The Hall–Kier alpha value is -0.610. The lowest BCUT2D eigenvalue weighted by molar-refractivity contribution is -0.252. The Bertz CT molecular complexity index is 482. The molecule has 4 nitrogen and oxygen atoms in total. The van der Waals surface area contributed by atoms with Crippen molar-refractivity contribution >= 4 is 5.97 Å². The van der Waals surface area contributed by atoms with Crippen LogP contribution in [0.15, 0.2) is 0 Å². The first kappa shape index (κ1) is 8.48. The van der Waals surface area contributed by atoms with E-state index >= 15 is 0 Å². The van der Waals surface area contributed by atoms with Gasteiger partial charge in [-0.15, -0.1) is 0 Å². The van der Waals surface area contributed by atoms with Crippen LogP contribution in [0.5, 0.6) is 0 Å². The zero-order chi connectivity index (χ0) is 11.2.